The number of rotatable bonds is 9. The van der Waals surface area contributed by atoms with Crippen molar-refractivity contribution in [2.45, 2.75) is 12.1 Å². The van der Waals surface area contributed by atoms with E-state index in [0.29, 0.717) is 0 Å². The van der Waals surface area contributed by atoms with Gasteiger partial charge in [0.1, 0.15) is 18.7 Å². The van der Waals surface area contributed by atoms with Crippen LogP contribution in [-0.4, -0.2) is 63.4 Å². The van der Waals surface area contributed by atoms with Crippen LogP contribution >= 0.6 is 21.6 Å². The number of hydrogen-bond donors (Lipinski definition) is 5. The summed E-state index contributed by atoms with van der Waals surface area (Å²) in [6, 6.07) is -2.15. The van der Waals surface area contributed by atoms with Crippen LogP contribution in [0.4, 0.5) is 0 Å². The maximum Gasteiger partial charge on any atom is 0.327 e. The largest absolute Gasteiger partial charge is 0.480 e. The monoisotopic (exact) mass is 298 g/mol. The average molecular weight is 298 g/mol. The Morgan fingerprint density at radius 2 is 1.67 bits per heavy atom. The quantitative estimate of drug-likeness (QED) is 0.249. The minimum Gasteiger partial charge on any atom is -0.480 e. The van der Waals surface area contributed by atoms with Crippen molar-refractivity contribution in [1.82, 2.24) is 5.32 Å². The fourth-order valence-electron chi connectivity index (χ4n) is 0.724. The second kappa shape index (κ2) is 9.03. The summed E-state index contributed by atoms with van der Waals surface area (Å²) in [7, 11) is 2.19. The lowest BCUT2D eigenvalue weighted by molar-refractivity contribution is -0.141. The standard InChI is InChI=1S/C8H14N2O6S2/c9-4(7(13)14)2-17-18-3-5(8(15)16)10-6(12)1-11/h4-5,11H,1-3,9H2,(H,10,12)(H,13,14)(H,15,16)/t4?,5-/m0/s1. The van der Waals surface area contributed by atoms with E-state index in [2.05, 4.69) is 5.32 Å². The Balaban J connectivity index is 3.95. The molecular weight excluding hydrogens is 284 g/mol. The third-order valence-corrected chi connectivity index (χ3v) is 4.11. The molecule has 0 aromatic rings. The lowest BCUT2D eigenvalue weighted by atomic mass is 10.3. The van der Waals surface area contributed by atoms with Gasteiger partial charge in [0.25, 0.3) is 0 Å². The van der Waals surface area contributed by atoms with Crippen molar-refractivity contribution in [2.75, 3.05) is 18.1 Å². The Labute approximate surface area is 111 Å². The molecule has 0 aromatic carbocycles. The zero-order chi connectivity index (χ0) is 14.1. The van der Waals surface area contributed by atoms with Crippen molar-refractivity contribution in [2.24, 2.45) is 5.73 Å². The number of carboxylic acids is 2. The van der Waals surface area contributed by atoms with Crippen LogP contribution in [0.3, 0.4) is 0 Å². The highest BCUT2D eigenvalue weighted by Gasteiger charge is 2.20. The van der Waals surface area contributed by atoms with Crippen LogP contribution < -0.4 is 11.1 Å². The smallest absolute Gasteiger partial charge is 0.327 e. The van der Waals surface area contributed by atoms with Gasteiger partial charge in [-0.3, -0.25) is 9.59 Å². The second-order valence-corrected chi connectivity index (χ2v) is 5.68. The van der Waals surface area contributed by atoms with Gasteiger partial charge in [0.2, 0.25) is 5.91 Å². The highest BCUT2D eigenvalue weighted by atomic mass is 33.1. The highest BCUT2D eigenvalue weighted by molar-refractivity contribution is 8.76. The van der Waals surface area contributed by atoms with Crippen molar-refractivity contribution in [3.63, 3.8) is 0 Å². The number of nitrogens with one attached hydrogen (secondary N) is 1. The molecule has 10 heteroatoms. The minimum atomic E-state index is -1.23. The predicted molar refractivity (Wildman–Crippen MR) is 67.2 cm³/mol. The molecule has 1 amide bonds. The predicted octanol–water partition coefficient (Wildman–Crippen LogP) is -1.66. The number of nitrogens with two attached hydrogens (primary N) is 1. The molecule has 1 unspecified atom stereocenters. The van der Waals surface area contributed by atoms with E-state index in [9.17, 15) is 14.4 Å². The molecule has 8 nitrogen and oxygen atoms in total. The van der Waals surface area contributed by atoms with Crippen LogP contribution in [0.2, 0.25) is 0 Å². The zero-order valence-electron chi connectivity index (χ0n) is 9.24. The molecule has 0 saturated heterocycles. The second-order valence-electron chi connectivity index (χ2n) is 3.13. The Morgan fingerprint density at radius 1 is 1.11 bits per heavy atom. The molecule has 0 spiro atoms. The molecule has 0 heterocycles. The van der Waals surface area contributed by atoms with Gasteiger partial charge in [-0.2, -0.15) is 0 Å². The first kappa shape index (κ1) is 17.0. The van der Waals surface area contributed by atoms with Gasteiger partial charge >= 0.3 is 11.9 Å². The van der Waals surface area contributed by atoms with E-state index in [1.807, 2.05) is 0 Å². The number of carbonyl (C=O) groups excluding carboxylic acids is 1. The molecule has 0 aliphatic heterocycles. The third kappa shape index (κ3) is 7.37. The molecule has 0 bridgehead atoms. The molecule has 0 aliphatic rings. The van der Waals surface area contributed by atoms with Gasteiger partial charge in [0.15, 0.2) is 0 Å². The number of aliphatic hydroxyl groups excluding tert-OH is 1. The van der Waals surface area contributed by atoms with E-state index in [0.717, 1.165) is 21.6 Å². The molecule has 0 aromatic heterocycles. The molecule has 0 aliphatic carbocycles. The number of aliphatic carboxylic acids is 2. The van der Waals surface area contributed by atoms with Crippen LogP contribution in [0.5, 0.6) is 0 Å². The summed E-state index contributed by atoms with van der Waals surface area (Å²) < 4.78 is 0. The van der Waals surface area contributed by atoms with Crippen LogP contribution in [0.15, 0.2) is 0 Å². The van der Waals surface area contributed by atoms with E-state index in [-0.39, 0.29) is 11.5 Å². The lowest BCUT2D eigenvalue weighted by Crippen LogP contribution is -2.43. The Hall–Kier alpha value is -0.970. The summed E-state index contributed by atoms with van der Waals surface area (Å²) >= 11 is 0. The van der Waals surface area contributed by atoms with E-state index < -0.39 is 36.5 Å². The summed E-state index contributed by atoms with van der Waals surface area (Å²) in [5.41, 5.74) is 5.24. The number of amides is 1. The first-order chi connectivity index (χ1) is 8.38. The van der Waals surface area contributed by atoms with Gasteiger partial charge in [-0.05, 0) is 0 Å². The first-order valence-corrected chi connectivity index (χ1v) is 7.23. The lowest BCUT2D eigenvalue weighted by Gasteiger charge is -2.13. The van der Waals surface area contributed by atoms with E-state index in [1.165, 1.54) is 0 Å². The maximum absolute atomic E-state index is 10.8. The van der Waals surface area contributed by atoms with E-state index in [1.54, 1.807) is 0 Å². The van der Waals surface area contributed by atoms with Crippen molar-refractivity contribution >= 4 is 39.4 Å². The Morgan fingerprint density at radius 3 is 2.11 bits per heavy atom. The molecule has 0 rings (SSSR count). The molecule has 0 saturated carbocycles. The number of hydrogen-bond acceptors (Lipinski definition) is 7. The molecule has 104 valence electrons. The SMILES string of the molecule is NC(CSSC[C@H](NC(=O)CO)C(=O)O)C(=O)O. The van der Waals surface area contributed by atoms with Crippen molar-refractivity contribution in [3.05, 3.63) is 0 Å². The van der Waals surface area contributed by atoms with Crippen LogP contribution in [0, 0.1) is 0 Å². The van der Waals surface area contributed by atoms with E-state index in [4.69, 9.17) is 21.1 Å². The van der Waals surface area contributed by atoms with Gasteiger partial charge in [0, 0.05) is 11.5 Å². The van der Waals surface area contributed by atoms with Gasteiger partial charge in [-0.15, -0.1) is 0 Å². The fourth-order valence-corrected chi connectivity index (χ4v) is 2.99. The topological polar surface area (TPSA) is 150 Å². The van der Waals surface area contributed by atoms with Gasteiger partial charge in [0.05, 0.1) is 0 Å². The zero-order valence-corrected chi connectivity index (χ0v) is 10.9. The van der Waals surface area contributed by atoms with Crippen molar-refractivity contribution in [3.8, 4) is 0 Å². The molecule has 0 fully saturated rings. The summed E-state index contributed by atoms with van der Waals surface area (Å²) in [5.74, 6) is -2.98. The van der Waals surface area contributed by atoms with Crippen molar-refractivity contribution < 1.29 is 29.7 Å². The molecule has 6 N–H and O–H groups in total. The Kier molecular flexibility index (Phi) is 8.54. The van der Waals surface area contributed by atoms with Gasteiger partial charge in [-0.1, -0.05) is 21.6 Å². The number of carboxylic acid groups (broad SMARTS) is 2. The Bertz CT molecular complexity index is 314. The minimum absolute atomic E-state index is 0.0398. The molecular formula is C8H14N2O6S2. The highest BCUT2D eigenvalue weighted by Crippen LogP contribution is 2.22. The average Bonchev–Trinajstić information content (AvgIpc) is 2.31. The maximum atomic E-state index is 10.8. The summed E-state index contributed by atoms with van der Waals surface area (Å²) in [5, 5.41) is 27.9. The van der Waals surface area contributed by atoms with Gasteiger partial charge < -0.3 is 26.4 Å². The van der Waals surface area contributed by atoms with E-state index >= 15 is 0 Å². The summed E-state index contributed by atoms with van der Waals surface area (Å²) in [6.45, 7) is -0.786. The normalized spacial score (nSPS) is 13.7. The molecule has 0 radical (unpaired) electrons. The number of carbonyl (C=O) groups is 3. The molecule has 2 atom stereocenters. The first-order valence-electron chi connectivity index (χ1n) is 4.74. The third-order valence-electron chi connectivity index (χ3n) is 1.66. The summed E-state index contributed by atoms with van der Waals surface area (Å²) in [4.78, 5) is 32.0. The number of aliphatic hydroxyl groups is 1. The fraction of sp³-hybridized carbons (Fsp3) is 0.625. The van der Waals surface area contributed by atoms with Gasteiger partial charge in [-0.25, -0.2) is 4.79 Å². The van der Waals surface area contributed by atoms with Crippen LogP contribution in [-0.2, 0) is 14.4 Å². The summed E-state index contributed by atoms with van der Waals surface area (Å²) in [6.07, 6.45) is 0. The molecule has 18 heavy (non-hydrogen) atoms. The van der Waals surface area contributed by atoms with Crippen LogP contribution in [0.1, 0.15) is 0 Å². The van der Waals surface area contributed by atoms with Crippen LogP contribution in [0.25, 0.3) is 0 Å². The van der Waals surface area contributed by atoms with Crippen molar-refractivity contribution in [1.29, 1.82) is 0 Å².